The lowest BCUT2D eigenvalue weighted by Gasteiger charge is -2.15. The quantitative estimate of drug-likeness (QED) is 0.176. The van der Waals surface area contributed by atoms with E-state index in [1.807, 2.05) is 42.5 Å². The van der Waals surface area contributed by atoms with Crippen molar-refractivity contribution in [2.75, 3.05) is 0 Å². The molecule has 0 aliphatic carbocycles. The molecule has 0 unspecified atom stereocenters. The first-order valence-electron chi connectivity index (χ1n) is 16.7. The fourth-order valence-electron chi connectivity index (χ4n) is 7.80. The average molecular weight is 661 g/mol. The first-order valence-corrected chi connectivity index (χ1v) is 16.7. The van der Waals surface area contributed by atoms with E-state index < -0.39 is 0 Å². The van der Waals surface area contributed by atoms with E-state index in [9.17, 15) is 15.8 Å². The van der Waals surface area contributed by atoms with Crippen LogP contribution in [0.4, 0.5) is 5.69 Å². The summed E-state index contributed by atoms with van der Waals surface area (Å²) in [7, 11) is 0. The molecule has 6 heteroatoms. The van der Waals surface area contributed by atoms with Crippen LogP contribution < -0.4 is 0 Å². The van der Waals surface area contributed by atoms with Gasteiger partial charge in [-0.1, -0.05) is 91.0 Å². The van der Waals surface area contributed by atoms with Crippen molar-refractivity contribution in [3.05, 3.63) is 174 Å². The predicted molar refractivity (Wildman–Crippen MR) is 206 cm³/mol. The maximum absolute atomic E-state index is 10.3. The van der Waals surface area contributed by atoms with Crippen molar-refractivity contribution < 1.29 is 0 Å². The molecule has 0 radical (unpaired) electrons. The first kappa shape index (κ1) is 30.2. The van der Waals surface area contributed by atoms with Crippen LogP contribution in [0.5, 0.6) is 0 Å². The molecule has 0 aliphatic heterocycles. The SMILES string of the molecule is [C-]#[N+]c1cccc(C#N)c1-c1cccc2c1c1cccc(-c3c(C#N)cccc3C#N)c1n2-c1cccc(-n2c3ccccc3c3ccccc32)c1. The van der Waals surface area contributed by atoms with Crippen molar-refractivity contribution in [1.82, 2.24) is 9.13 Å². The molecular weight excluding hydrogens is 637 g/mol. The molecule has 2 aromatic heterocycles. The van der Waals surface area contributed by atoms with Crippen LogP contribution in [-0.4, -0.2) is 9.13 Å². The highest BCUT2D eigenvalue weighted by Crippen LogP contribution is 2.46. The number of nitriles is 3. The van der Waals surface area contributed by atoms with Gasteiger partial charge in [-0.15, -0.1) is 0 Å². The number of nitrogens with zero attached hydrogens (tertiary/aromatic N) is 6. The van der Waals surface area contributed by atoms with Gasteiger partial charge < -0.3 is 9.13 Å². The number of aromatic nitrogens is 2. The topological polar surface area (TPSA) is 85.6 Å². The summed E-state index contributed by atoms with van der Waals surface area (Å²) in [5, 5.41) is 34.9. The number of fused-ring (bicyclic) bond motifs is 6. The maximum Gasteiger partial charge on any atom is 0.196 e. The van der Waals surface area contributed by atoms with E-state index in [2.05, 4.69) is 98.9 Å². The molecule has 0 aliphatic rings. The second-order valence-corrected chi connectivity index (χ2v) is 12.5. The molecule has 0 atom stereocenters. The molecule has 0 amide bonds. The lowest BCUT2D eigenvalue weighted by atomic mass is 9.91. The van der Waals surface area contributed by atoms with Gasteiger partial charge in [0.25, 0.3) is 0 Å². The first-order chi connectivity index (χ1) is 25.7. The van der Waals surface area contributed by atoms with Crippen LogP contribution in [0.2, 0.25) is 0 Å². The third-order valence-corrected chi connectivity index (χ3v) is 9.87. The molecule has 0 saturated carbocycles. The van der Waals surface area contributed by atoms with Crippen molar-refractivity contribution >= 4 is 49.3 Å². The predicted octanol–water partition coefficient (Wildman–Crippen LogP) is 11.4. The third-order valence-electron chi connectivity index (χ3n) is 9.87. The Hall–Kier alpha value is -7.90. The van der Waals surface area contributed by atoms with E-state index in [4.69, 9.17) is 6.57 Å². The Morgan fingerprint density at radius 3 is 1.62 bits per heavy atom. The van der Waals surface area contributed by atoms with E-state index >= 15 is 0 Å². The molecule has 7 aromatic carbocycles. The van der Waals surface area contributed by atoms with Crippen LogP contribution in [0.25, 0.3) is 82.1 Å². The summed E-state index contributed by atoms with van der Waals surface area (Å²) in [6.07, 6.45) is 0. The van der Waals surface area contributed by atoms with Gasteiger partial charge in [0, 0.05) is 55.2 Å². The van der Waals surface area contributed by atoms with E-state index in [0.29, 0.717) is 33.5 Å². The van der Waals surface area contributed by atoms with Crippen molar-refractivity contribution in [2.45, 2.75) is 0 Å². The van der Waals surface area contributed by atoms with Crippen molar-refractivity contribution in [3.63, 3.8) is 0 Å². The summed E-state index contributed by atoms with van der Waals surface area (Å²) < 4.78 is 4.46. The third kappa shape index (κ3) is 4.33. The van der Waals surface area contributed by atoms with Gasteiger partial charge in [0.05, 0.1) is 58.0 Å². The number of hydrogen-bond donors (Lipinski definition) is 0. The summed E-state index contributed by atoms with van der Waals surface area (Å²) in [5.74, 6) is 0. The molecule has 0 saturated heterocycles. The molecule has 0 spiro atoms. The van der Waals surface area contributed by atoms with Crippen molar-refractivity contribution in [1.29, 1.82) is 15.8 Å². The van der Waals surface area contributed by atoms with Crippen LogP contribution in [-0.2, 0) is 0 Å². The monoisotopic (exact) mass is 660 g/mol. The van der Waals surface area contributed by atoms with Gasteiger partial charge in [0.1, 0.15) is 0 Å². The van der Waals surface area contributed by atoms with Crippen molar-refractivity contribution in [2.24, 2.45) is 0 Å². The van der Waals surface area contributed by atoms with E-state index in [1.54, 1.807) is 36.4 Å². The van der Waals surface area contributed by atoms with Gasteiger partial charge in [-0.3, -0.25) is 0 Å². The zero-order valence-electron chi connectivity index (χ0n) is 27.5. The summed E-state index contributed by atoms with van der Waals surface area (Å²) >= 11 is 0. The minimum absolute atomic E-state index is 0.388. The number of para-hydroxylation sites is 3. The van der Waals surface area contributed by atoms with Crippen LogP contribution >= 0.6 is 0 Å². The average Bonchev–Trinajstić information content (AvgIpc) is 3.73. The number of hydrogen-bond acceptors (Lipinski definition) is 3. The molecule has 2 heterocycles. The highest BCUT2D eigenvalue weighted by molar-refractivity contribution is 6.20. The maximum atomic E-state index is 10.3. The Morgan fingerprint density at radius 1 is 0.462 bits per heavy atom. The van der Waals surface area contributed by atoms with Crippen LogP contribution in [0.1, 0.15) is 16.7 Å². The molecule has 9 aromatic rings. The largest absolute Gasteiger partial charge is 0.309 e. The minimum atomic E-state index is 0.388. The molecular formula is C46H24N6. The molecule has 52 heavy (non-hydrogen) atoms. The summed E-state index contributed by atoms with van der Waals surface area (Å²) in [5.41, 5.74) is 9.90. The van der Waals surface area contributed by atoms with Gasteiger partial charge in [-0.05, 0) is 60.2 Å². The van der Waals surface area contributed by atoms with Crippen LogP contribution in [0.3, 0.4) is 0 Å². The number of benzene rings is 7. The van der Waals surface area contributed by atoms with Gasteiger partial charge >= 0.3 is 0 Å². The Kier molecular flexibility index (Phi) is 6.91. The van der Waals surface area contributed by atoms with E-state index in [1.165, 1.54) is 0 Å². The Morgan fingerprint density at radius 2 is 0.962 bits per heavy atom. The van der Waals surface area contributed by atoms with Crippen molar-refractivity contribution in [3.8, 4) is 51.8 Å². The molecule has 9 rings (SSSR count). The molecule has 238 valence electrons. The second kappa shape index (κ2) is 11.9. The van der Waals surface area contributed by atoms with Gasteiger partial charge in [-0.25, -0.2) is 4.85 Å². The standard InChI is InChI=1S/C46H24N6/c1-50-39-21-7-13-31(28-49)44(39)36-18-10-24-42-45(36)38-20-9-19-37(43-29(26-47)11-6-12-30(43)27-48)46(38)52(42)33-15-8-14-32(25-33)51-40-22-4-2-16-34(40)35-17-3-5-23-41(35)51/h2-25H. The highest BCUT2D eigenvalue weighted by atomic mass is 15.0. The van der Waals surface area contributed by atoms with Gasteiger partial charge in [0.2, 0.25) is 0 Å². The lowest BCUT2D eigenvalue weighted by molar-refractivity contribution is 1.13. The van der Waals surface area contributed by atoms with Gasteiger partial charge in [0.15, 0.2) is 5.69 Å². The molecule has 6 nitrogen and oxygen atoms in total. The zero-order chi connectivity index (χ0) is 35.3. The zero-order valence-corrected chi connectivity index (χ0v) is 27.5. The fraction of sp³-hybridized carbons (Fsp3) is 0. The van der Waals surface area contributed by atoms with E-state index in [0.717, 1.165) is 66.1 Å². The Bertz CT molecular complexity index is 3010. The summed E-state index contributed by atoms with van der Waals surface area (Å²) in [4.78, 5) is 3.82. The van der Waals surface area contributed by atoms with Crippen LogP contribution in [0, 0.1) is 40.6 Å². The lowest BCUT2D eigenvalue weighted by Crippen LogP contribution is -2.00. The summed E-state index contributed by atoms with van der Waals surface area (Å²) in [6, 6.07) is 54.4. The molecule has 0 fully saturated rings. The fourth-order valence-corrected chi connectivity index (χ4v) is 7.80. The molecule has 0 N–H and O–H groups in total. The number of rotatable bonds is 4. The summed E-state index contributed by atoms with van der Waals surface area (Å²) in [6.45, 7) is 8.01. The second-order valence-electron chi connectivity index (χ2n) is 12.5. The minimum Gasteiger partial charge on any atom is -0.309 e. The normalized spacial score (nSPS) is 11.0. The Balaban J connectivity index is 1.44. The Labute approximate surface area is 298 Å². The van der Waals surface area contributed by atoms with E-state index in [-0.39, 0.29) is 0 Å². The van der Waals surface area contributed by atoms with Crippen LogP contribution in [0.15, 0.2) is 146 Å². The van der Waals surface area contributed by atoms with Gasteiger partial charge in [-0.2, -0.15) is 15.8 Å². The highest BCUT2D eigenvalue weighted by Gasteiger charge is 2.24. The smallest absolute Gasteiger partial charge is 0.196 e. The molecule has 0 bridgehead atoms.